The zero-order chi connectivity index (χ0) is 12.1. The monoisotopic (exact) mass is 215 g/mol. The summed E-state index contributed by atoms with van der Waals surface area (Å²) in [6.45, 7) is 10.3. The van der Waals surface area contributed by atoms with Gasteiger partial charge in [-0.25, -0.2) is 0 Å². The Labute approximate surface area is 93.4 Å². The second kappa shape index (κ2) is 6.11. The van der Waals surface area contributed by atoms with Crippen LogP contribution in [0.4, 0.5) is 0 Å². The lowest BCUT2D eigenvalue weighted by molar-refractivity contribution is -0.160. The molecule has 2 atom stereocenters. The van der Waals surface area contributed by atoms with Gasteiger partial charge in [0.1, 0.15) is 5.60 Å². The highest BCUT2D eigenvalue weighted by atomic mass is 16.6. The Kier molecular flexibility index (Phi) is 5.88. The molecule has 0 aromatic carbocycles. The van der Waals surface area contributed by atoms with Crippen LogP contribution < -0.4 is 5.73 Å². The molecule has 15 heavy (non-hydrogen) atoms. The largest absolute Gasteiger partial charge is 0.460 e. The van der Waals surface area contributed by atoms with Crippen molar-refractivity contribution in [1.29, 1.82) is 0 Å². The predicted octanol–water partition coefficient (Wildman–Crippen LogP) is 2.34. The summed E-state index contributed by atoms with van der Waals surface area (Å²) in [7, 11) is 0. The summed E-state index contributed by atoms with van der Waals surface area (Å²) in [5, 5.41) is 0. The molecule has 0 saturated heterocycles. The number of carbonyl (C=O) groups is 1. The summed E-state index contributed by atoms with van der Waals surface area (Å²) in [5.41, 5.74) is 5.18. The molecule has 0 aromatic heterocycles. The van der Waals surface area contributed by atoms with Gasteiger partial charge in [-0.15, -0.1) is 0 Å². The van der Waals surface area contributed by atoms with Crippen molar-refractivity contribution in [2.75, 3.05) is 6.54 Å². The Morgan fingerprint density at radius 1 is 1.40 bits per heavy atom. The second-order valence-electron chi connectivity index (χ2n) is 5.22. The summed E-state index contributed by atoms with van der Waals surface area (Å²) >= 11 is 0. The van der Waals surface area contributed by atoms with Gasteiger partial charge in [0, 0.05) is 6.54 Å². The molecule has 2 N–H and O–H groups in total. The van der Waals surface area contributed by atoms with E-state index in [-0.39, 0.29) is 11.9 Å². The molecule has 3 heteroatoms. The predicted molar refractivity (Wildman–Crippen MR) is 62.5 cm³/mol. The maximum atomic E-state index is 11.7. The maximum absolute atomic E-state index is 11.7. The zero-order valence-electron chi connectivity index (χ0n) is 10.7. The van der Waals surface area contributed by atoms with Crippen molar-refractivity contribution < 1.29 is 9.53 Å². The Morgan fingerprint density at radius 3 is 2.27 bits per heavy atom. The zero-order valence-corrected chi connectivity index (χ0v) is 10.7. The highest BCUT2D eigenvalue weighted by Gasteiger charge is 2.25. The van der Waals surface area contributed by atoms with Crippen molar-refractivity contribution in [3.8, 4) is 0 Å². The number of esters is 1. The Bertz CT molecular complexity index is 196. The van der Waals surface area contributed by atoms with Crippen molar-refractivity contribution in [3.63, 3.8) is 0 Å². The normalized spacial score (nSPS) is 15.9. The number of rotatable bonds is 5. The number of hydrogen-bond donors (Lipinski definition) is 1. The Hall–Kier alpha value is -0.570. The lowest BCUT2D eigenvalue weighted by Crippen LogP contribution is -2.33. The molecular formula is C12H25NO2. The van der Waals surface area contributed by atoms with Gasteiger partial charge in [0.15, 0.2) is 0 Å². The second-order valence-corrected chi connectivity index (χ2v) is 5.22. The molecule has 0 amide bonds. The summed E-state index contributed by atoms with van der Waals surface area (Å²) < 4.78 is 5.32. The minimum atomic E-state index is -0.417. The minimum absolute atomic E-state index is 0.154. The number of hydrogen-bond acceptors (Lipinski definition) is 3. The molecule has 0 radical (unpaired) electrons. The van der Waals surface area contributed by atoms with Gasteiger partial charge in [0.25, 0.3) is 0 Å². The third-order valence-corrected chi connectivity index (χ3v) is 2.41. The van der Waals surface area contributed by atoms with E-state index in [1.165, 1.54) is 0 Å². The van der Waals surface area contributed by atoms with E-state index < -0.39 is 5.60 Å². The molecule has 0 bridgehead atoms. The molecule has 3 nitrogen and oxygen atoms in total. The van der Waals surface area contributed by atoms with Crippen LogP contribution in [0, 0.1) is 11.8 Å². The SMILES string of the molecule is CCC(C)CC(CN)C(=O)OC(C)(C)C. The lowest BCUT2D eigenvalue weighted by atomic mass is 9.94. The van der Waals surface area contributed by atoms with Crippen molar-refractivity contribution in [2.24, 2.45) is 17.6 Å². The van der Waals surface area contributed by atoms with E-state index in [0.717, 1.165) is 12.8 Å². The van der Waals surface area contributed by atoms with Crippen molar-refractivity contribution in [3.05, 3.63) is 0 Å². The van der Waals surface area contributed by atoms with Crippen LogP contribution >= 0.6 is 0 Å². The minimum Gasteiger partial charge on any atom is -0.460 e. The standard InChI is InChI=1S/C12H25NO2/c1-6-9(2)7-10(8-13)11(14)15-12(3,4)5/h9-10H,6-8,13H2,1-5H3. The number of nitrogens with two attached hydrogens (primary N) is 1. The molecule has 0 fully saturated rings. The van der Waals surface area contributed by atoms with Crippen LogP contribution in [-0.2, 0) is 9.53 Å². The van der Waals surface area contributed by atoms with E-state index in [1.54, 1.807) is 0 Å². The summed E-state index contributed by atoms with van der Waals surface area (Å²) in [5.74, 6) is 0.204. The molecule has 2 unspecified atom stereocenters. The van der Waals surface area contributed by atoms with E-state index in [2.05, 4.69) is 13.8 Å². The molecule has 0 aromatic rings. The fourth-order valence-electron chi connectivity index (χ4n) is 1.33. The Balaban J connectivity index is 4.23. The van der Waals surface area contributed by atoms with Gasteiger partial charge in [-0.3, -0.25) is 4.79 Å². The topological polar surface area (TPSA) is 52.3 Å². The fourth-order valence-corrected chi connectivity index (χ4v) is 1.33. The fraction of sp³-hybridized carbons (Fsp3) is 0.917. The molecule has 0 aliphatic rings. The first-order chi connectivity index (χ1) is 6.80. The Morgan fingerprint density at radius 2 is 1.93 bits per heavy atom. The molecule has 0 aliphatic carbocycles. The van der Waals surface area contributed by atoms with Crippen molar-refractivity contribution in [2.45, 2.75) is 53.1 Å². The highest BCUT2D eigenvalue weighted by Crippen LogP contribution is 2.18. The first-order valence-corrected chi connectivity index (χ1v) is 5.73. The quantitative estimate of drug-likeness (QED) is 0.716. The summed E-state index contributed by atoms with van der Waals surface area (Å²) in [6, 6.07) is 0. The van der Waals surface area contributed by atoms with Crippen LogP contribution in [-0.4, -0.2) is 18.1 Å². The van der Waals surface area contributed by atoms with Crippen molar-refractivity contribution >= 4 is 5.97 Å². The molecule has 0 spiro atoms. The average Bonchev–Trinajstić information content (AvgIpc) is 2.10. The van der Waals surface area contributed by atoms with E-state index in [0.29, 0.717) is 12.5 Å². The van der Waals surface area contributed by atoms with Crippen molar-refractivity contribution in [1.82, 2.24) is 0 Å². The van der Waals surface area contributed by atoms with Gasteiger partial charge in [-0.1, -0.05) is 20.3 Å². The van der Waals surface area contributed by atoms with Crippen LogP contribution in [0.1, 0.15) is 47.5 Å². The van der Waals surface area contributed by atoms with Gasteiger partial charge < -0.3 is 10.5 Å². The molecule has 90 valence electrons. The average molecular weight is 215 g/mol. The summed E-state index contributed by atoms with van der Waals surface area (Å²) in [4.78, 5) is 11.7. The first-order valence-electron chi connectivity index (χ1n) is 5.73. The van der Waals surface area contributed by atoms with Gasteiger partial charge in [0.05, 0.1) is 5.92 Å². The molecule has 0 aliphatic heterocycles. The van der Waals surface area contributed by atoms with Crippen LogP contribution in [0.5, 0.6) is 0 Å². The van der Waals surface area contributed by atoms with Gasteiger partial charge in [-0.2, -0.15) is 0 Å². The van der Waals surface area contributed by atoms with E-state index >= 15 is 0 Å². The maximum Gasteiger partial charge on any atom is 0.310 e. The van der Waals surface area contributed by atoms with Crippen LogP contribution in [0.2, 0.25) is 0 Å². The van der Waals surface area contributed by atoms with E-state index in [4.69, 9.17) is 10.5 Å². The molecular weight excluding hydrogens is 190 g/mol. The highest BCUT2D eigenvalue weighted by molar-refractivity contribution is 5.73. The molecule has 0 heterocycles. The smallest absolute Gasteiger partial charge is 0.310 e. The lowest BCUT2D eigenvalue weighted by Gasteiger charge is -2.24. The van der Waals surface area contributed by atoms with E-state index in [9.17, 15) is 4.79 Å². The number of carbonyl (C=O) groups excluding carboxylic acids is 1. The summed E-state index contributed by atoms with van der Waals surface area (Å²) in [6.07, 6.45) is 1.89. The van der Waals surface area contributed by atoms with Gasteiger partial charge in [-0.05, 0) is 33.1 Å². The third kappa shape index (κ3) is 6.50. The molecule has 0 saturated carbocycles. The third-order valence-electron chi connectivity index (χ3n) is 2.41. The van der Waals surface area contributed by atoms with Gasteiger partial charge >= 0.3 is 5.97 Å². The van der Waals surface area contributed by atoms with Crippen LogP contribution in [0.25, 0.3) is 0 Å². The first kappa shape index (κ1) is 14.4. The van der Waals surface area contributed by atoms with E-state index in [1.807, 2.05) is 20.8 Å². The van der Waals surface area contributed by atoms with Crippen LogP contribution in [0.15, 0.2) is 0 Å². The molecule has 0 rings (SSSR count). The van der Waals surface area contributed by atoms with Crippen LogP contribution in [0.3, 0.4) is 0 Å². The number of ether oxygens (including phenoxy) is 1. The van der Waals surface area contributed by atoms with Gasteiger partial charge in [0.2, 0.25) is 0 Å².